The monoisotopic (exact) mass is 392 g/mol. The lowest BCUT2D eigenvalue weighted by Crippen LogP contribution is -2.28. The summed E-state index contributed by atoms with van der Waals surface area (Å²) in [6.07, 6.45) is 3.00. The first-order valence-corrected chi connectivity index (χ1v) is 8.89. The summed E-state index contributed by atoms with van der Waals surface area (Å²) in [6.45, 7) is -0.634. The van der Waals surface area contributed by atoms with E-state index < -0.39 is 17.3 Å². The van der Waals surface area contributed by atoms with Crippen LogP contribution in [0.1, 0.15) is 5.56 Å². The van der Waals surface area contributed by atoms with Crippen molar-refractivity contribution >= 4 is 17.1 Å². The highest BCUT2D eigenvalue weighted by Gasteiger charge is 2.18. The standard InChI is InChI=1S/C21H17FN4O3/c22-15-7-4-8-16(11-15)23-18(28)12-25-9-10-26-20(21(25)29)17(13-27)19(24-26)14-5-2-1-3-6-14/h1-11,27H,12-13H2,(H,23,28). The van der Waals surface area contributed by atoms with Gasteiger partial charge in [-0.1, -0.05) is 36.4 Å². The number of carbonyl (C=O) groups excluding carboxylic acids is 1. The molecular formula is C21H17FN4O3. The first-order chi connectivity index (χ1) is 14.1. The quantitative estimate of drug-likeness (QED) is 0.546. The van der Waals surface area contributed by atoms with Crippen LogP contribution in [0.25, 0.3) is 16.8 Å². The molecule has 0 aliphatic rings. The topological polar surface area (TPSA) is 88.6 Å². The maximum Gasteiger partial charge on any atom is 0.277 e. The van der Waals surface area contributed by atoms with E-state index in [0.29, 0.717) is 16.9 Å². The molecule has 4 aromatic rings. The lowest BCUT2D eigenvalue weighted by molar-refractivity contribution is -0.116. The SMILES string of the molecule is O=C(Cn1ccn2nc(-c3ccccc3)c(CO)c2c1=O)Nc1cccc(F)c1. The summed E-state index contributed by atoms with van der Waals surface area (Å²) in [5, 5.41) is 16.8. The Hall–Kier alpha value is -3.78. The van der Waals surface area contributed by atoms with Gasteiger partial charge in [-0.3, -0.25) is 9.59 Å². The number of anilines is 1. The average molecular weight is 392 g/mol. The molecule has 0 fully saturated rings. The minimum absolute atomic E-state index is 0.201. The van der Waals surface area contributed by atoms with Crippen molar-refractivity contribution < 1.29 is 14.3 Å². The van der Waals surface area contributed by atoms with Gasteiger partial charge in [0.15, 0.2) is 0 Å². The Morgan fingerprint density at radius 3 is 2.62 bits per heavy atom. The normalized spacial score (nSPS) is 11.0. The largest absolute Gasteiger partial charge is 0.392 e. The van der Waals surface area contributed by atoms with Crippen molar-refractivity contribution in [3.63, 3.8) is 0 Å². The van der Waals surface area contributed by atoms with E-state index in [1.807, 2.05) is 30.3 Å². The van der Waals surface area contributed by atoms with E-state index in [-0.39, 0.29) is 18.7 Å². The molecular weight excluding hydrogens is 375 g/mol. The number of aliphatic hydroxyl groups excluding tert-OH is 1. The van der Waals surface area contributed by atoms with Crippen molar-refractivity contribution in [2.75, 3.05) is 5.32 Å². The summed E-state index contributed by atoms with van der Waals surface area (Å²) < 4.78 is 15.9. The molecule has 2 heterocycles. The number of nitrogens with zero attached hydrogens (tertiary/aromatic N) is 3. The van der Waals surface area contributed by atoms with Crippen LogP contribution < -0.4 is 10.9 Å². The van der Waals surface area contributed by atoms with Crippen LogP contribution in [-0.2, 0) is 17.9 Å². The third-order valence-corrected chi connectivity index (χ3v) is 4.49. The van der Waals surface area contributed by atoms with Crippen molar-refractivity contribution in [1.82, 2.24) is 14.2 Å². The number of benzene rings is 2. The maximum absolute atomic E-state index is 13.3. The Balaban J connectivity index is 1.69. The van der Waals surface area contributed by atoms with Crippen LogP contribution in [-0.4, -0.2) is 25.2 Å². The fourth-order valence-corrected chi connectivity index (χ4v) is 3.17. The summed E-state index contributed by atoms with van der Waals surface area (Å²) in [5.41, 5.74) is 1.72. The predicted molar refractivity (Wildman–Crippen MR) is 106 cm³/mol. The number of hydrogen-bond donors (Lipinski definition) is 2. The Morgan fingerprint density at radius 1 is 1.10 bits per heavy atom. The van der Waals surface area contributed by atoms with Gasteiger partial charge in [0.1, 0.15) is 17.9 Å². The van der Waals surface area contributed by atoms with E-state index in [9.17, 15) is 19.1 Å². The van der Waals surface area contributed by atoms with Gasteiger partial charge in [-0.05, 0) is 18.2 Å². The second kappa shape index (κ2) is 7.69. The molecule has 146 valence electrons. The molecule has 0 atom stereocenters. The number of hydrogen-bond acceptors (Lipinski definition) is 4. The Bertz CT molecular complexity index is 1250. The van der Waals surface area contributed by atoms with Gasteiger partial charge < -0.3 is 15.0 Å². The lowest BCUT2D eigenvalue weighted by atomic mass is 10.1. The molecule has 0 bridgehead atoms. The van der Waals surface area contributed by atoms with E-state index >= 15 is 0 Å². The first kappa shape index (κ1) is 18.6. The van der Waals surface area contributed by atoms with Gasteiger partial charge in [-0.25, -0.2) is 8.91 Å². The highest BCUT2D eigenvalue weighted by Crippen LogP contribution is 2.24. The van der Waals surface area contributed by atoms with Gasteiger partial charge in [-0.15, -0.1) is 0 Å². The highest BCUT2D eigenvalue weighted by atomic mass is 19.1. The molecule has 29 heavy (non-hydrogen) atoms. The number of fused-ring (bicyclic) bond motifs is 1. The Kier molecular flexibility index (Phi) is 4.92. The third kappa shape index (κ3) is 3.65. The summed E-state index contributed by atoms with van der Waals surface area (Å²) in [5.74, 6) is -0.947. The summed E-state index contributed by atoms with van der Waals surface area (Å²) in [7, 11) is 0. The fourth-order valence-electron chi connectivity index (χ4n) is 3.17. The molecule has 0 unspecified atom stereocenters. The Labute approximate surface area is 164 Å². The van der Waals surface area contributed by atoms with Gasteiger partial charge in [-0.2, -0.15) is 5.10 Å². The minimum atomic E-state index is -0.476. The minimum Gasteiger partial charge on any atom is -0.392 e. The zero-order valence-electron chi connectivity index (χ0n) is 15.2. The average Bonchev–Trinajstić information content (AvgIpc) is 3.10. The van der Waals surface area contributed by atoms with Crippen LogP contribution in [0.2, 0.25) is 0 Å². The second-order valence-electron chi connectivity index (χ2n) is 6.43. The molecule has 2 aromatic carbocycles. The lowest BCUT2D eigenvalue weighted by Gasteiger charge is -2.08. The van der Waals surface area contributed by atoms with Gasteiger partial charge in [0.25, 0.3) is 5.56 Å². The van der Waals surface area contributed by atoms with Crippen LogP contribution in [0.4, 0.5) is 10.1 Å². The number of rotatable bonds is 5. The molecule has 2 aromatic heterocycles. The number of amides is 1. The van der Waals surface area contributed by atoms with Gasteiger partial charge in [0, 0.05) is 29.2 Å². The molecule has 0 radical (unpaired) electrons. The van der Waals surface area contributed by atoms with Crippen LogP contribution in [0.5, 0.6) is 0 Å². The zero-order chi connectivity index (χ0) is 20.4. The van der Waals surface area contributed by atoms with Crippen molar-refractivity contribution in [1.29, 1.82) is 0 Å². The van der Waals surface area contributed by atoms with Crippen molar-refractivity contribution in [3.8, 4) is 11.3 Å². The molecule has 0 aliphatic carbocycles. The second-order valence-corrected chi connectivity index (χ2v) is 6.43. The molecule has 4 rings (SSSR count). The van der Waals surface area contributed by atoms with E-state index in [0.717, 1.165) is 5.56 Å². The maximum atomic E-state index is 13.3. The molecule has 8 heteroatoms. The molecule has 2 N–H and O–H groups in total. The Morgan fingerprint density at radius 2 is 1.90 bits per heavy atom. The highest BCUT2D eigenvalue weighted by molar-refractivity contribution is 5.90. The van der Waals surface area contributed by atoms with Crippen LogP contribution in [0, 0.1) is 5.82 Å². The number of aliphatic hydroxyl groups is 1. The summed E-state index contributed by atoms with van der Waals surface area (Å²) >= 11 is 0. The van der Waals surface area contributed by atoms with E-state index in [4.69, 9.17) is 0 Å². The van der Waals surface area contributed by atoms with Crippen molar-refractivity contribution in [2.45, 2.75) is 13.2 Å². The van der Waals surface area contributed by atoms with E-state index in [1.54, 1.807) is 12.3 Å². The summed E-state index contributed by atoms with van der Waals surface area (Å²) in [4.78, 5) is 25.2. The number of nitrogens with one attached hydrogen (secondary N) is 1. The van der Waals surface area contributed by atoms with Crippen LogP contribution in [0.3, 0.4) is 0 Å². The van der Waals surface area contributed by atoms with Crippen molar-refractivity contribution in [2.24, 2.45) is 0 Å². The molecule has 0 saturated carbocycles. The fraction of sp³-hybridized carbons (Fsp3) is 0.0952. The molecule has 7 nitrogen and oxygen atoms in total. The zero-order valence-corrected chi connectivity index (χ0v) is 15.2. The molecule has 0 saturated heterocycles. The van der Waals surface area contributed by atoms with Gasteiger partial charge >= 0.3 is 0 Å². The number of halogens is 1. The molecule has 0 spiro atoms. The summed E-state index contributed by atoms with van der Waals surface area (Å²) in [6, 6.07) is 14.7. The first-order valence-electron chi connectivity index (χ1n) is 8.89. The third-order valence-electron chi connectivity index (χ3n) is 4.49. The van der Waals surface area contributed by atoms with Gasteiger partial charge in [0.05, 0.1) is 12.3 Å². The van der Waals surface area contributed by atoms with Gasteiger partial charge in [0.2, 0.25) is 5.91 Å². The molecule has 1 amide bonds. The van der Waals surface area contributed by atoms with Crippen LogP contribution >= 0.6 is 0 Å². The number of aromatic nitrogens is 3. The smallest absolute Gasteiger partial charge is 0.277 e. The molecule has 0 aliphatic heterocycles. The number of carbonyl (C=O) groups is 1. The van der Waals surface area contributed by atoms with Crippen molar-refractivity contribution in [3.05, 3.63) is 88.7 Å². The predicted octanol–water partition coefficient (Wildman–Crippen LogP) is 2.43. The van der Waals surface area contributed by atoms with E-state index in [2.05, 4.69) is 10.4 Å². The van der Waals surface area contributed by atoms with Crippen LogP contribution in [0.15, 0.2) is 71.8 Å². The van der Waals surface area contributed by atoms with E-state index in [1.165, 1.54) is 33.5 Å².